The van der Waals surface area contributed by atoms with Crippen molar-refractivity contribution in [2.45, 2.75) is 6.92 Å². The number of rotatable bonds is 1. The maximum Gasteiger partial charge on any atom is 0.135 e. The molecule has 0 bridgehead atoms. The molecule has 3 nitrogen and oxygen atoms in total. The minimum absolute atomic E-state index is 0.292. The van der Waals surface area contributed by atoms with Crippen LogP contribution >= 0.6 is 0 Å². The molecule has 0 aliphatic heterocycles. The van der Waals surface area contributed by atoms with Crippen molar-refractivity contribution < 1.29 is 0 Å². The zero-order valence-electron chi connectivity index (χ0n) is 5.55. The summed E-state index contributed by atoms with van der Waals surface area (Å²) in [5.41, 5.74) is 5.73. The van der Waals surface area contributed by atoms with E-state index in [1.165, 1.54) is 0 Å². The Morgan fingerprint density at radius 1 is 1.78 bits per heavy atom. The van der Waals surface area contributed by atoms with Gasteiger partial charge in [0, 0.05) is 7.05 Å². The largest absolute Gasteiger partial charge is 0.383 e. The van der Waals surface area contributed by atoms with Crippen LogP contribution in [0.25, 0.3) is 0 Å². The first-order valence-corrected chi connectivity index (χ1v) is 2.55. The number of nitriles is 1. The van der Waals surface area contributed by atoms with Crippen LogP contribution in [0.3, 0.4) is 0 Å². The van der Waals surface area contributed by atoms with Crippen molar-refractivity contribution in [1.82, 2.24) is 0 Å². The van der Waals surface area contributed by atoms with Gasteiger partial charge in [-0.05, 0) is 6.92 Å². The van der Waals surface area contributed by atoms with Crippen molar-refractivity contribution in [3.05, 3.63) is 11.6 Å². The fourth-order valence-electron chi connectivity index (χ4n) is 0.390. The van der Waals surface area contributed by atoms with Gasteiger partial charge in [0.1, 0.15) is 11.9 Å². The quantitative estimate of drug-likeness (QED) is 0.312. The predicted octanol–water partition coefficient (Wildman–Crippen LogP) is 0.443. The number of amidine groups is 1. The minimum Gasteiger partial charge on any atom is -0.383 e. The predicted molar refractivity (Wildman–Crippen MR) is 36.9 cm³/mol. The van der Waals surface area contributed by atoms with E-state index in [1.807, 2.05) is 6.07 Å². The molecular weight excluding hydrogens is 114 g/mol. The summed E-state index contributed by atoms with van der Waals surface area (Å²) < 4.78 is 0. The Balaban J connectivity index is 4.39. The monoisotopic (exact) mass is 123 g/mol. The molecular formula is C6H9N3. The summed E-state index contributed by atoms with van der Waals surface area (Å²) in [6.07, 6.45) is 1.63. The Kier molecular flexibility index (Phi) is 3.14. The van der Waals surface area contributed by atoms with Crippen LogP contribution in [0.1, 0.15) is 6.92 Å². The number of hydrogen-bond donors (Lipinski definition) is 1. The summed E-state index contributed by atoms with van der Waals surface area (Å²) in [7, 11) is 1.55. The van der Waals surface area contributed by atoms with Gasteiger partial charge >= 0.3 is 0 Å². The summed E-state index contributed by atoms with van der Waals surface area (Å²) in [6.45, 7) is 1.75. The van der Waals surface area contributed by atoms with Gasteiger partial charge in [0.15, 0.2) is 0 Å². The molecule has 9 heavy (non-hydrogen) atoms. The molecule has 0 fully saturated rings. The lowest BCUT2D eigenvalue weighted by Crippen LogP contribution is -2.13. The summed E-state index contributed by atoms with van der Waals surface area (Å²) >= 11 is 0. The second-order valence-corrected chi connectivity index (χ2v) is 1.42. The van der Waals surface area contributed by atoms with Crippen LogP contribution < -0.4 is 5.73 Å². The van der Waals surface area contributed by atoms with E-state index < -0.39 is 0 Å². The summed E-state index contributed by atoms with van der Waals surface area (Å²) in [4.78, 5) is 3.63. The molecule has 0 rings (SSSR count). The lowest BCUT2D eigenvalue weighted by molar-refractivity contribution is 1.38. The first kappa shape index (κ1) is 7.70. The van der Waals surface area contributed by atoms with Gasteiger partial charge in [0.25, 0.3) is 0 Å². The van der Waals surface area contributed by atoms with Crippen LogP contribution in [0.5, 0.6) is 0 Å². The maximum absolute atomic E-state index is 8.35. The van der Waals surface area contributed by atoms with Crippen molar-refractivity contribution in [3.8, 4) is 6.07 Å². The van der Waals surface area contributed by atoms with Crippen LogP contribution in [0.15, 0.2) is 16.6 Å². The Morgan fingerprint density at radius 2 is 2.33 bits per heavy atom. The topological polar surface area (TPSA) is 62.2 Å². The maximum atomic E-state index is 8.35. The number of nitrogens with zero attached hydrogens (tertiary/aromatic N) is 2. The van der Waals surface area contributed by atoms with Gasteiger partial charge in [-0.1, -0.05) is 6.08 Å². The van der Waals surface area contributed by atoms with E-state index >= 15 is 0 Å². The lowest BCUT2D eigenvalue weighted by atomic mass is 10.2. The third kappa shape index (κ3) is 1.96. The first-order chi connectivity index (χ1) is 4.26. The van der Waals surface area contributed by atoms with Crippen molar-refractivity contribution in [2.75, 3.05) is 7.05 Å². The van der Waals surface area contributed by atoms with E-state index in [2.05, 4.69) is 4.99 Å². The molecule has 0 radical (unpaired) electrons. The molecule has 0 atom stereocenters. The smallest absolute Gasteiger partial charge is 0.135 e. The lowest BCUT2D eigenvalue weighted by Gasteiger charge is -1.91. The van der Waals surface area contributed by atoms with Gasteiger partial charge in [0.05, 0.1) is 5.57 Å². The molecule has 0 saturated carbocycles. The van der Waals surface area contributed by atoms with Gasteiger partial charge in [-0.2, -0.15) is 5.26 Å². The molecule has 0 amide bonds. The number of allylic oxidation sites excluding steroid dienone is 1. The van der Waals surface area contributed by atoms with Gasteiger partial charge < -0.3 is 5.73 Å². The summed E-state index contributed by atoms with van der Waals surface area (Å²) in [5, 5.41) is 8.35. The van der Waals surface area contributed by atoms with E-state index in [0.717, 1.165) is 0 Å². The Bertz CT molecular complexity index is 183. The number of nitrogens with two attached hydrogens (primary N) is 1. The molecule has 3 heteroatoms. The van der Waals surface area contributed by atoms with Crippen molar-refractivity contribution >= 4 is 5.84 Å². The van der Waals surface area contributed by atoms with E-state index in [-0.39, 0.29) is 0 Å². The normalized spacial score (nSPS) is 13.0. The third-order valence-corrected chi connectivity index (χ3v) is 0.926. The third-order valence-electron chi connectivity index (χ3n) is 0.926. The van der Waals surface area contributed by atoms with Crippen molar-refractivity contribution in [1.29, 1.82) is 5.26 Å². The molecule has 0 aromatic rings. The van der Waals surface area contributed by atoms with Crippen LogP contribution in [-0.4, -0.2) is 12.9 Å². The highest BCUT2D eigenvalue weighted by Crippen LogP contribution is 1.89. The highest BCUT2D eigenvalue weighted by Gasteiger charge is 1.95. The average Bonchev–Trinajstić information content (AvgIpc) is 1.90. The van der Waals surface area contributed by atoms with Crippen LogP contribution in [0.2, 0.25) is 0 Å². The molecule has 0 saturated heterocycles. The van der Waals surface area contributed by atoms with Crippen LogP contribution in [0, 0.1) is 11.3 Å². The molecule has 0 aliphatic carbocycles. The molecule has 0 unspecified atom stereocenters. The highest BCUT2D eigenvalue weighted by atomic mass is 14.8. The minimum atomic E-state index is 0.292. The SMILES string of the molecule is C/C=C(/C#N)C(N)=NC. The molecule has 48 valence electrons. The second-order valence-electron chi connectivity index (χ2n) is 1.42. The number of aliphatic imine (C=N–C) groups is 1. The zero-order valence-corrected chi connectivity index (χ0v) is 5.55. The molecule has 0 heterocycles. The second kappa shape index (κ2) is 3.67. The first-order valence-electron chi connectivity index (χ1n) is 2.55. The van der Waals surface area contributed by atoms with Crippen LogP contribution in [-0.2, 0) is 0 Å². The van der Waals surface area contributed by atoms with Gasteiger partial charge in [-0.15, -0.1) is 0 Å². The molecule has 0 aromatic carbocycles. The fourth-order valence-corrected chi connectivity index (χ4v) is 0.390. The Morgan fingerprint density at radius 3 is 2.44 bits per heavy atom. The van der Waals surface area contributed by atoms with Crippen LogP contribution in [0.4, 0.5) is 0 Å². The van der Waals surface area contributed by atoms with E-state index in [1.54, 1.807) is 20.0 Å². The van der Waals surface area contributed by atoms with Gasteiger partial charge in [0.2, 0.25) is 0 Å². The Hall–Kier alpha value is -1.30. The molecule has 0 aliphatic rings. The fraction of sp³-hybridized carbons (Fsp3) is 0.333. The van der Waals surface area contributed by atoms with Gasteiger partial charge in [-0.3, -0.25) is 4.99 Å². The highest BCUT2D eigenvalue weighted by molar-refractivity contribution is 6.00. The van der Waals surface area contributed by atoms with Crippen molar-refractivity contribution in [3.63, 3.8) is 0 Å². The standard InChI is InChI=1S/C6H9N3/c1-3-5(4-7)6(8)9-2/h3H,1-2H3,(H2,8,9)/b5-3-. The van der Waals surface area contributed by atoms with E-state index in [4.69, 9.17) is 11.0 Å². The van der Waals surface area contributed by atoms with Gasteiger partial charge in [-0.25, -0.2) is 0 Å². The van der Waals surface area contributed by atoms with E-state index in [9.17, 15) is 0 Å². The number of hydrogen-bond acceptors (Lipinski definition) is 2. The Labute approximate surface area is 54.5 Å². The zero-order chi connectivity index (χ0) is 7.28. The average molecular weight is 123 g/mol. The summed E-state index contributed by atoms with van der Waals surface area (Å²) in [6, 6.07) is 1.91. The van der Waals surface area contributed by atoms with E-state index in [0.29, 0.717) is 11.4 Å². The molecule has 0 spiro atoms. The van der Waals surface area contributed by atoms with Crippen molar-refractivity contribution in [2.24, 2.45) is 10.7 Å². The molecule has 2 N–H and O–H groups in total. The molecule has 0 aromatic heterocycles. The summed E-state index contributed by atoms with van der Waals surface area (Å²) in [5.74, 6) is 0.292.